The van der Waals surface area contributed by atoms with E-state index in [0.717, 1.165) is 12.5 Å². The molecule has 0 aromatic rings. The summed E-state index contributed by atoms with van der Waals surface area (Å²) in [6, 6.07) is 0. The zero-order valence-corrected chi connectivity index (χ0v) is 9.77. The maximum absolute atomic E-state index is 3.24. The molecule has 1 rings (SSSR count). The molecule has 1 heteroatoms. The van der Waals surface area contributed by atoms with E-state index in [2.05, 4.69) is 31.3 Å². The highest BCUT2D eigenvalue weighted by Crippen LogP contribution is 2.27. The van der Waals surface area contributed by atoms with Gasteiger partial charge in [-0.15, -0.1) is 0 Å². The van der Waals surface area contributed by atoms with E-state index in [1.807, 2.05) is 7.05 Å². The van der Waals surface area contributed by atoms with E-state index in [1.54, 1.807) is 5.57 Å². The van der Waals surface area contributed by atoms with E-state index in [1.165, 1.54) is 31.3 Å². The van der Waals surface area contributed by atoms with Gasteiger partial charge in [-0.1, -0.05) is 30.2 Å². The molecule has 14 heavy (non-hydrogen) atoms. The summed E-state index contributed by atoms with van der Waals surface area (Å²) in [5, 5.41) is 3.24. The summed E-state index contributed by atoms with van der Waals surface area (Å²) in [5.41, 5.74) is 3.19. The molecule has 1 aliphatic rings. The van der Waals surface area contributed by atoms with Gasteiger partial charge in [0.05, 0.1) is 0 Å². The van der Waals surface area contributed by atoms with Crippen LogP contribution in [0.25, 0.3) is 0 Å². The van der Waals surface area contributed by atoms with Crippen molar-refractivity contribution in [2.75, 3.05) is 13.6 Å². The second kappa shape index (κ2) is 6.02. The molecule has 80 valence electrons. The summed E-state index contributed by atoms with van der Waals surface area (Å²) >= 11 is 0. The number of nitrogens with one attached hydrogen (secondary N) is 1. The van der Waals surface area contributed by atoms with Gasteiger partial charge in [-0.3, -0.25) is 0 Å². The first kappa shape index (κ1) is 11.5. The van der Waals surface area contributed by atoms with Gasteiger partial charge < -0.3 is 5.32 Å². The first-order valence-corrected chi connectivity index (χ1v) is 5.78. The average molecular weight is 193 g/mol. The van der Waals surface area contributed by atoms with E-state index < -0.39 is 0 Å². The Labute approximate surface area is 88.3 Å². The fourth-order valence-electron chi connectivity index (χ4n) is 2.07. The van der Waals surface area contributed by atoms with Crippen molar-refractivity contribution in [2.24, 2.45) is 5.92 Å². The molecular weight excluding hydrogens is 170 g/mol. The molecule has 1 atom stereocenters. The second-order valence-corrected chi connectivity index (χ2v) is 4.25. The third-order valence-corrected chi connectivity index (χ3v) is 3.15. The van der Waals surface area contributed by atoms with Crippen molar-refractivity contribution in [1.82, 2.24) is 5.32 Å². The summed E-state index contributed by atoms with van der Waals surface area (Å²) in [5.74, 6) is 0.798. The predicted molar refractivity (Wildman–Crippen MR) is 63.4 cm³/mol. The topological polar surface area (TPSA) is 12.0 Å². The quantitative estimate of drug-likeness (QED) is 0.706. The molecular formula is C13H23N. The third-order valence-electron chi connectivity index (χ3n) is 3.15. The van der Waals surface area contributed by atoms with Gasteiger partial charge in [0.2, 0.25) is 0 Å². The maximum Gasteiger partial charge on any atom is -0.00462 e. The van der Waals surface area contributed by atoms with Crippen molar-refractivity contribution in [3.8, 4) is 0 Å². The number of rotatable bonds is 5. The minimum atomic E-state index is 0.798. The Morgan fingerprint density at radius 1 is 1.36 bits per heavy atom. The first-order chi connectivity index (χ1) is 6.77. The van der Waals surface area contributed by atoms with E-state index in [0.29, 0.717) is 0 Å². The van der Waals surface area contributed by atoms with Gasteiger partial charge in [0.25, 0.3) is 0 Å². The molecule has 0 bridgehead atoms. The molecule has 1 aliphatic carbocycles. The third kappa shape index (κ3) is 3.30. The summed E-state index contributed by atoms with van der Waals surface area (Å²) < 4.78 is 0. The lowest BCUT2D eigenvalue weighted by Gasteiger charge is -2.21. The van der Waals surface area contributed by atoms with Gasteiger partial charge in [-0.2, -0.15) is 0 Å². The van der Waals surface area contributed by atoms with Crippen molar-refractivity contribution in [2.45, 2.75) is 39.5 Å². The van der Waals surface area contributed by atoms with E-state index >= 15 is 0 Å². The molecule has 0 saturated carbocycles. The molecule has 1 N–H and O–H groups in total. The number of allylic oxidation sites excluding steroid dienone is 4. The summed E-state index contributed by atoms with van der Waals surface area (Å²) in [6.45, 7) is 5.66. The fraction of sp³-hybridized carbons (Fsp3) is 0.692. The molecule has 0 aromatic heterocycles. The van der Waals surface area contributed by atoms with Crippen LogP contribution in [-0.2, 0) is 0 Å². The normalized spacial score (nSPS) is 18.8. The van der Waals surface area contributed by atoms with Crippen LogP contribution in [0.4, 0.5) is 0 Å². The van der Waals surface area contributed by atoms with Crippen molar-refractivity contribution in [3.05, 3.63) is 23.3 Å². The Bertz CT molecular complexity index is 225. The van der Waals surface area contributed by atoms with Crippen LogP contribution >= 0.6 is 0 Å². The summed E-state index contributed by atoms with van der Waals surface area (Å²) in [7, 11) is 2.03. The SMILES string of the molecule is CCC(CCNC)C1=CC=C(C)CC1. The standard InChI is InChI=1S/C13H23N/c1-4-12(9-10-14-3)13-7-5-11(2)6-8-13/h5,7,12,14H,4,6,8-10H2,1-3H3. The molecule has 1 unspecified atom stereocenters. The van der Waals surface area contributed by atoms with Crippen molar-refractivity contribution in [3.63, 3.8) is 0 Å². The molecule has 0 spiro atoms. The van der Waals surface area contributed by atoms with Crippen LogP contribution in [-0.4, -0.2) is 13.6 Å². The van der Waals surface area contributed by atoms with Gasteiger partial charge in [-0.05, 0) is 52.1 Å². The lowest BCUT2D eigenvalue weighted by molar-refractivity contribution is 0.508. The van der Waals surface area contributed by atoms with Crippen LogP contribution in [0.5, 0.6) is 0 Å². The van der Waals surface area contributed by atoms with E-state index in [4.69, 9.17) is 0 Å². The Kier molecular flexibility index (Phi) is 4.95. The Morgan fingerprint density at radius 2 is 2.14 bits per heavy atom. The van der Waals surface area contributed by atoms with Crippen LogP contribution < -0.4 is 5.32 Å². The molecule has 0 fully saturated rings. The molecule has 0 amide bonds. The van der Waals surface area contributed by atoms with Crippen molar-refractivity contribution in [1.29, 1.82) is 0 Å². The zero-order chi connectivity index (χ0) is 10.4. The molecule has 1 nitrogen and oxygen atoms in total. The Balaban J connectivity index is 2.52. The fourth-order valence-corrected chi connectivity index (χ4v) is 2.07. The summed E-state index contributed by atoms with van der Waals surface area (Å²) in [4.78, 5) is 0. The highest BCUT2D eigenvalue weighted by atomic mass is 14.8. The van der Waals surface area contributed by atoms with E-state index in [-0.39, 0.29) is 0 Å². The lowest BCUT2D eigenvalue weighted by Crippen LogP contribution is -2.15. The molecule has 0 aromatic carbocycles. The monoisotopic (exact) mass is 193 g/mol. The van der Waals surface area contributed by atoms with Crippen LogP contribution in [0.1, 0.15) is 39.5 Å². The highest BCUT2D eigenvalue weighted by molar-refractivity contribution is 5.24. The van der Waals surface area contributed by atoms with Crippen LogP contribution in [0.3, 0.4) is 0 Å². The smallest absolute Gasteiger partial charge is 0.00462 e. The Hall–Kier alpha value is -0.560. The van der Waals surface area contributed by atoms with Crippen LogP contribution in [0, 0.1) is 5.92 Å². The van der Waals surface area contributed by atoms with Gasteiger partial charge in [0.1, 0.15) is 0 Å². The highest BCUT2D eigenvalue weighted by Gasteiger charge is 2.13. The zero-order valence-electron chi connectivity index (χ0n) is 9.77. The van der Waals surface area contributed by atoms with Crippen molar-refractivity contribution >= 4 is 0 Å². The second-order valence-electron chi connectivity index (χ2n) is 4.25. The van der Waals surface area contributed by atoms with E-state index in [9.17, 15) is 0 Å². The molecule has 0 aliphatic heterocycles. The minimum Gasteiger partial charge on any atom is -0.320 e. The first-order valence-electron chi connectivity index (χ1n) is 5.78. The van der Waals surface area contributed by atoms with Crippen LogP contribution in [0.2, 0.25) is 0 Å². The Morgan fingerprint density at radius 3 is 2.64 bits per heavy atom. The van der Waals surface area contributed by atoms with Crippen LogP contribution in [0.15, 0.2) is 23.3 Å². The largest absolute Gasteiger partial charge is 0.320 e. The molecule has 0 heterocycles. The lowest BCUT2D eigenvalue weighted by atomic mass is 9.86. The summed E-state index contributed by atoms with van der Waals surface area (Å²) in [6.07, 6.45) is 9.75. The predicted octanol–water partition coefficient (Wildman–Crippen LogP) is 3.29. The van der Waals surface area contributed by atoms with Gasteiger partial charge in [-0.25, -0.2) is 0 Å². The number of hydrogen-bond donors (Lipinski definition) is 1. The minimum absolute atomic E-state index is 0.798. The van der Waals surface area contributed by atoms with Gasteiger partial charge in [0.15, 0.2) is 0 Å². The average Bonchev–Trinajstić information content (AvgIpc) is 2.21. The van der Waals surface area contributed by atoms with Gasteiger partial charge in [0, 0.05) is 0 Å². The molecule has 0 radical (unpaired) electrons. The number of hydrogen-bond acceptors (Lipinski definition) is 1. The maximum atomic E-state index is 3.24. The molecule has 0 saturated heterocycles. The van der Waals surface area contributed by atoms with Crippen molar-refractivity contribution < 1.29 is 0 Å². The van der Waals surface area contributed by atoms with Gasteiger partial charge >= 0.3 is 0 Å².